The Bertz CT molecular complexity index is 1160. The van der Waals surface area contributed by atoms with Gasteiger partial charge in [-0.3, -0.25) is 10.1 Å². The lowest BCUT2D eigenvalue weighted by Gasteiger charge is -2.09. The number of amides is 3. The lowest BCUT2D eigenvalue weighted by Crippen LogP contribution is -2.38. The number of carbonyl (C=O) groups excluding carboxylic acids is 2. The van der Waals surface area contributed by atoms with Gasteiger partial charge >= 0.3 is 6.03 Å². The summed E-state index contributed by atoms with van der Waals surface area (Å²) in [5.41, 5.74) is 1.30. The van der Waals surface area contributed by atoms with Crippen molar-refractivity contribution in [1.82, 2.24) is 15.3 Å². The van der Waals surface area contributed by atoms with Crippen molar-refractivity contribution in [1.29, 1.82) is 0 Å². The van der Waals surface area contributed by atoms with Crippen molar-refractivity contribution in [2.75, 3.05) is 11.1 Å². The Hall–Kier alpha value is -3.40. The fraction of sp³-hybridized carbons (Fsp3) is 0.111. The first kappa shape index (κ1) is 19.4. The minimum Gasteiger partial charge on any atom is -0.308 e. The second-order valence-electron chi connectivity index (χ2n) is 5.87. The van der Waals surface area contributed by atoms with Crippen LogP contribution in [0.1, 0.15) is 5.69 Å². The molecule has 28 heavy (non-hydrogen) atoms. The number of fused-ring (bicyclic) bond motifs is 1. The van der Waals surface area contributed by atoms with E-state index < -0.39 is 33.3 Å². The number of halogens is 1. The number of hydrogen-bond donors (Lipinski definition) is 2. The number of nitrogens with zero attached hydrogens (tertiary/aromatic N) is 2. The van der Waals surface area contributed by atoms with E-state index >= 15 is 0 Å². The fourth-order valence-corrected chi connectivity index (χ4v) is 3.75. The average Bonchev–Trinajstić information content (AvgIpc) is 2.62. The zero-order chi connectivity index (χ0) is 20.3. The summed E-state index contributed by atoms with van der Waals surface area (Å²) in [7, 11) is -4.12. The predicted octanol–water partition coefficient (Wildman–Crippen LogP) is 2.20. The number of imide groups is 1. The molecule has 0 aliphatic carbocycles. The van der Waals surface area contributed by atoms with Gasteiger partial charge in [0, 0.05) is 5.69 Å². The fourth-order valence-electron chi connectivity index (χ4n) is 2.47. The number of hydrogen-bond acceptors (Lipinski definition) is 6. The Morgan fingerprint density at radius 2 is 1.61 bits per heavy atom. The van der Waals surface area contributed by atoms with E-state index in [4.69, 9.17) is 0 Å². The number of nitrogens with one attached hydrogen (secondary N) is 2. The summed E-state index contributed by atoms with van der Waals surface area (Å²) >= 11 is 0. The van der Waals surface area contributed by atoms with E-state index in [9.17, 15) is 22.4 Å². The number of anilines is 1. The first-order chi connectivity index (χ1) is 13.2. The van der Waals surface area contributed by atoms with Crippen LogP contribution in [-0.2, 0) is 14.6 Å². The molecule has 8 nitrogen and oxygen atoms in total. The van der Waals surface area contributed by atoms with Crippen LogP contribution < -0.4 is 10.6 Å². The number of benzene rings is 2. The Labute approximate surface area is 159 Å². The smallest absolute Gasteiger partial charge is 0.308 e. The molecule has 144 valence electrons. The maximum Gasteiger partial charge on any atom is 0.325 e. The highest BCUT2D eigenvalue weighted by Crippen LogP contribution is 2.17. The number of aryl methyl sites for hydroxylation is 1. The second-order valence-corrected chi connectivity index (χ2v) is 7.78. The van der Waals surface area contributed by atoms with E-state index in [1.807, 2.05) is 5.32 Å². The van der Waals surface area contributed by atoms with Crippen LogP contribution in [0.2, 0.25) is 0 Å². The van der Waals surface area contributed by atoms with Crippen LogP contribution in [0.5, 0.6) is 0 Å². The molecule has 0 aliphatic heterocycles. The quantitative estimate of drug-likeness (QED) is 0.691. The average molecular weight is 402 g/mol. The van der Waals surface area contributed by atoms with Crippen molar-refractivity contribution in [3.8, 4) is 0 Å². The summed E-state index contributed by atoms with van der Waals surface area (Å²) in [6.45, 7) is 1.48. The molecule has 10 heteroatoms. The Morgan fingerprint density at radius 1 is 1.00 bits per heavy atom. The lowest BCUT2D eigenvalue weighted by molar-refractivity contribution is -0.117. The van der Waals surface area contributed by atoms with E-state index in [0.29, 0.717) is 11.0 Å². The Kier molecular flexibility index (Phi) is 5.32. The van der Waals surface area contributed by atoms with Gasteiger partial charge < -0.3 is 5.32 Å². The predicted molar refractivity (Wildman–Crippen MR) is 99.9 cm³/mol. The summed E-state index contributed by atoms with van der Waals surface area (Å²) in [6, 6.07) is 10.6. The molecule has 3 amide bonds. The summed E-state index contributed by atoms with van der Waals surface area (Å²) in [5, 5.41) is 3.90. The molecule has 1 aromatic heterocycles. The van der Waals surface area contributed by atoms with E-state index in [1.54, 1.807) is 24.3 Å². The van der Waals surface area contributed by atoms with Gasteiger partial charge in [-0.1, -0.05) is 12.1 Å². The Balaban J connectivity index is 1.71. The largest absolute Gasteiger partial charge is 0.325 e. The highest BCUT2D eigenvalue weighted by atomic mass is 32.2. The third-order valence-electron chi connectivity index (χ3n) is 3.67. The molecule has 0 radical (unpaired) electrons. The molecule has 2 aromatic carbocycles. The van der Waals surface area contributed by atoms with Gasteiger partial charge in [0.1, 0.15) is 11.6 Å². The molecule has 0 aliphatic rings. The van der Waals surface area contributed by atoms with Crippen LogP contribution in [0, 0.1) is 12.7 Å². The molecule has 2 N–H and O–H groups in total. The first-order valence-corrected chi connectivity index (χ1v) is 9.72. The van der Waals surface area contributed by atoms with E-state index in [0.717, 1.165) is 12.1 Å². The number of aromatic nitrogens is 2. The molecule has 0 saturated carbocycles. The van der Waals surface area contributed by atoms with Gasteiger partial charge in [-0.15, -0.1) is 0 Å². The van der Waals surface area contributed by atoms with Crippen LogP contribution >= 0.6 is 0 Å². The lowest BCUT2D eigenvalue weighted by atomic mass is 10.3. The van der Waals surface area contributed by atoms with Crippen molar-refractivity contribution >= 4 is 38.5 Å². The normalized spacial score (nSPS) is 11.2. The van der Waals surface area contributed by atoms with Crippen molar-refractivity contribution in [3.63, 3.8) is 0 Å². The van der Waals surface area contributed by atoms with E-state index in [1.165, 1.54) is 19.1 Å². The summed E-state index contributed by atoms with van der Waals surface area (Å²) in [6.07, 6.45) is 0. The molecule has 0 unspecified atom stereocenters. The molecule has 0 spiro atoms. The van der Waals surface area contributed by atoms with Gasteiger partial charge in [-0.05, 0) is 43.3 Å². The molecule has 0 fully saturated rings. The minimum atomic E-state index is -4.12. The summed E-state index contributed by atoms with van der Waals surface area (Å²) < 4.78 is 37.9. The number of carbonyl (C=O) groups is 2. The SMILES string of the molecule is Cc1nc2ccccc2nc1S(=O)(=O)CC(=O)NC(=O)Nc1ccc(F)cc1. The van der Waals surface area contributed by atoms with E-state index in [2.05, 4.69) is 15.3 Å². The zero-order valence-electron chi connectivity index (χ0n) is 14.6. The number of sulfone groups is 1. The maximum absolute atomic E-state index is 12.9. The van der Waals surface area contributed by atoms with Gasteiger partial charge in [-0.25, -0.2) is 27.6 Å². The Morgan fingerprint density at radius 3 is 2.25 bits per heavy atom. The van der Waals surface area contributed by atoms with Crippen LogP contribution in [0.4, 0.5) is 14.9 Å². The minimum absolute atomic E-state index is 0.155. The molecule has 3 rings (SSSR count). The van der Waals surface area contributed by atoms with Gasteiger partial charge in [0.05, 0.1) is 16.7 Å². The van der Waals surface area contributed by atoms with Gasteiger partial charge in [-0.2, -0.15) is 0 Å². The number of rotatable bonds is 4. The number of para-hydroxylation sites is 2. The van der Waals surface area contributed by atoms with Gasteiger partial charge in [0.25, 0.3) is 0 Å². The molecule has 1 heterocycles. The molecular weight excluding hydrogens is 387 g/mol. The van der Waals surface area contributed by atoms with Gasteiger partial charge in [0.15, 0.2) is 5.03 Å². The van der Waals surface area contributed by atoms with E-state index in [-0.39, 0.29) is 16.4 Å². The maximum atomic E-state index is 12.9. The van der Waals surface area contributed by atoms with Crippen LogP contribution in [0.3, 0.4) is 0 Å². The zero-order valence-corrected chi connectivity index (χ0v) is 15.5. The number of urea groups is 1. The van der Waals surface area contributed by atoms with Crippen molar-refractivity contribution in [2.45, 2.75) is 11.9 Å². The second kappa shape index (κ2) is 7.69. The molecule has 3 aromatic rings. The first-order valence-electron chi connectivity index (χ1n) is 8.07. The molecular formula is C18H15FN4O4S. The molecule has 0 atom stereocenters. The molecule has 0 bridgehead atoms. The van der Waals surface area contributed by atoms with Crippen LogP contribution in [0.15, 0.2) is 53.6 Å². The highest BCUT2D eigenvalue weighted by molar-refractivity contribution is 7.92. The molecule has 0 saturated heterocycles. The summed E-state index contributed by atoms with van der Waals surface area (Å²) in [4.78, 5) is 32.1. The van der Waals surface area contributed by atoms with Gasteiger partial charge in [0.2, 0.25) is 15.7 Å². The van der Waals surface area contributed by atoms with Crippen molar-refractivity contribution < 1.29 is 22.4 Å². The monoisotopic (exact) mass is 402 g/mol. The third kappa shape index (κ3) is 4.46. The topological polar surface area (TPSA) is 118 Å². The highest BCUT2D eigenvalue weighted by Gasteiger charge is 2.25. The standard InChI is InChI=1S/C18H15FN4O4S/c1-11-17(22-15-5-3-2-4-14(15)20-11)28(26,27)10-16(24)23-18(25)21-13-8-6-12(19)7-9-13/h2-9H,10H2,1H3,(H2,21,23,24,25). The third-order valence-corrected chi connectivity index (χ3v) is 5.29. The summed E-state index contributed by atoms with van der Waals surface area (Å²) in [5.74, 6) is -2.49. The van der Waals surface area contributed by atoms with Crippen LogP contribution in [-0.4, -0.2) is 36.1 Å². The van der Waals surface area contributed by atoms with Crippen LogP contribution in [0.25, 0.3) is 11.0 Å². The van der Waals surface area contributed by atoms with Crippen molar-refractivity contribution in [3.05, 3.63) is 60.0 Å². The van der Waals surface area contributed by atoms with Crippen molar-refractivity contribution in [2.24, 2.45) is 0 Å².